The number of hydrogen-bond acceptors (Lipinski definition) is 4. The van der Waals surface area contributed by atoms with Crippen LogP contribution in [0.4, 0.5) is 5.82 Å². The summed E-state index contributed by atoms with van der Waals surface area (Å²) in [7, 11) is 4.03. The first-order valence-corrected chi connectivity index (χ1v) is 7.36. The summed E-state index contributed by atoms with van der Waals surface area (Å²) in [5.74, 6) is 1.47. The Balaban J connectivity index is 2.18. The highest BCUT2D eigenvalue weighted by molar-refractivity contribution is 5.91. The highest BCUT2D eigenvalue weighted by atomic mass is 16.1. The molecule has 1 saturated carbocycles. The molecule has 1 aromatic rings. The van der Waals surface area contributed by atoms with E-state index in [4.69, 9.17) is 5.73 Å². The standard InChI is InChI=1S/C16H25N3O/c1-12-6-8-16(9-7-12,19(2)3)14(20)11-13-5-4-10-18-15(13)17/h4-5,10,12H,6-9,11H2,1-3H3,(H2,17,18). The van der Waals surface area contributed by atoms with Crippen LogP contribution in [0.15, 0.2) is 18.3 Å². The van der Waals surface area contributed by atoms with E-state index in [9.17, 15) is 4.79 Å². The fraction of sp³-hybridized carbons (Fsp3) is 0.625. The Morgan fingerprint density at radius 3 is 2.65 bits per heavy atom. The number of aromatic nitrogens is 1. The zero-order valence-corrected chi connectivity index (χ0v) is 12.7. The van der Waals surface area contributed by atoms with Crippen LogP contribution in [0.5, 0.6) is 0 Å². The van der Waals surface area contributed by atoms with Crippen molar-refractivity contribution >= 4 is 11.6 Å². The Labute approximate surface area is 121 Å². The van der Waals surface area contributed by atoms with Gasteiger partial charge in [0, 0.05) is 18.2 Å². The number of hydrogen-bond donors (Lipinski definition) is 1. The molecule has 0 atom stereocenters. The molecular weight excluding hydrogens is 250 g/mol. The molecule has 1 aliphatic carbocycles. The Morgan fingerprint density at radius 1 is 1.45 bits per heavy atom. The van der Waals surface area contributed by atoms with Gasteiger partial charge in [-0.05, 0) is 51.8 Å². The maximum absolute atomic E-state index is 12.9. The second-order valence-electron chi connectivity index (χ2n) is 6.26. The molecule has 0 radical (unpaired) electrons. The molecule has 0 bridgehead atoms. The predicted octanol–water partition coefficient (Wildman–Crippen LogP) is 2.29. The topological polar surface area (TPSA) is 59.2 Å². The summed E-state index contributed by atoms with van der Waals surface area (Å²) in [5.41, 5.74) is 6.38. The van der Waals surface area contributed by atoms with Gasteiger partial charge in [0.1, 0.15) is 5.82 Å². The van der Waals surface area contributed by atoms with Gasteiger partial charge in [-0.2, -0.15) is 0 Å². The molecule has 1 fully saturated rings. The molecule has 0 amide bonds. The lowest BCUT2D eigenvalue weighted by Crippen LogP contribution is -2.53. The van der Waals surface area contributed by atoms with Crippen molar-refractivity contribution in [2.24, 2.45) is 5.92 Å². The van der Waals surface area contributed by atoms with E-state index in [1.165, 1.54) is 0 Å². The number of pyridine rings is 1. The van der Waals surface area contributed by atoms with Gasteiger partial charge in [0.2, 0.25) is 0 Å². The van der Waals surface area contributed by atoms with Crippen LogP contribution < -0.4 is 5.73 Å². The quantitative estimate of drug-likeness (QED) is 0.916. The molecule has 2 rings (SSSR count). The van der Waals surface area contributed by atoms with E-state index in [1.807, 2.05) is 26.2 Å². The number of carbonyl (C=O) groups excluding carboxylic acids is 1. The first-order chi connectivity index (χ1) is 9.45. The molecule has 110 valence electrons. The minimum atomic E-state index is -0.325. The summed E-state index contributed by atoms with van der Waals surface area (Å²) in [5, 5.41) is 0. The predicted molar refractivity (Wildman–Crippen MR) is 81.4 cm³/mol. The SMILES string of the molecule is CC1CCC(C(=O)Cc2cccnc2N)(N(C)C)CC1. The maximum atomic E-state index is 12.9. The number of nitrogen functional groups attached to an aromatic ring is 1. The number of anilines is 1. The van der Waals surface area contributed by atoms with Crippen molar-refractivity contribution in [1.82, 2.24) is 9.88 Å². The Hall–Kier alpha value is -1.42. The van der Waals surface area contributed by atoms with E-state index in [0.717, 1.165) is 37.2 Å². The van der Waals surface area contributed by atoms with E-state index in [2.05, 4.69) is 16.8 Å². The number of rotatable bonds is 4. The molecule has 1 aromatic heterocycles. The van der Waals surface area contributed by atoms with Gasteiger partial charge in [-0.1, -0.05) is 13.0 Å². The van der Waals surface area contributed by atoms with Gasteiger partial charge >= 0.3 is 0 Å². The number of likely N-dealkylation sites (N-methyl/N-ethyl adjacent to an activating group) is 1. The van der Waals surface area contributed by atoms with Crippen LogP contribution in [0.25, 0.3) is 0 Å². The highest BCUT2D eigenvalue weighted by Gasteiger charge is 2.42. The van der Waals surface area contributed by atoms with E-state index in [0.29, 0.717) is 12.2 Å². The molecule has 4 nitrogen and oxygen atoms in total. The normalized spacial score (nSPS) is 26.7. The zero-order valence-electron chi connectivity index (χ0n) is 12.7. The fourth-order valence-corrected chi connectivity index (χ4v) is 3.15. The van der Waals surface area contributed by atoms with Crippen molar-refractivity contribution in [2.75, 3.05) is 19.8 Å². The molecular formula is C16H25N3O. The minimum Gasteiger partial charge on any atom is -0.383 e. The van der Waals surface area contributed by atoms with Crippen LogP contribution >= 0.6 is 0 Å². The molecule has 0 aliphatic heterocycles. The minimum absolute atomic E-state index is 0.272. The molecule has 2 N–H and O–H groups in total. The number of carbonyl (C=O) groups is 1. The second kappa shape index (κ2) is 5.92. The summed E-state index contributed by atoms with van der Waals surface area (Å²) < 4.78 is 0. The van der Waals surface area contributed by atoms with E-state index in [-0.39, 0.29) is 11.3 Å². The van der Waals surface area contributed by atoms with Gasteiger partial charge in [0.25, 0.3) is 0 Å². The van der Waals surface area contributed by atoms with E-state index < -0.39 is 0 Å². The number of Topliss-reactive ketones (excluding diaryl/α,β-unsaturated/α-hetero) is 1. The number of nitrogens with zero attached hydrogens (tertiary/aromatic N) is 2. The van der Waals surface area contributed by atoms with E-state index >= 15 is 0 Å². The third kappa shape index (κ3) is 2.85. The van der Waals surface area contributed by atoms with Crippen molar-refractivity contribution < 1.29 is 4.79 Å². The lowest BCUT2D eigenvalue weighted by atomic mass is 9.72. The second-order valence-corrected chi connectivity index (χ2v) is 6.26. The summed E-state index contributed by atoms with van der Waals surface area (Å²) in [6.45, 7) is 2.27. The Bertz CT molecular complexity index is 476. The smallest absolute Gasteiger partial charge is 0.157 e. The van der Waals surface area contributed by atoms with Gasteiger partial charge in [-0.3, -0.25) is 9.69 Å². The van der Waals surface area contributed by atoms with Crippen LogP contribution in [0, 0.1) is 5.92 Å². The third-order valence-electron chi connectivity index (χ3n) is 4.75. The molecule has 1 aliphatic rings. The van der Waals surface area contributed by atoms with Gasteiger partial charge in [0.05, 0.1) is 5.54 Å². The fourth-order valence-electron chi connectivity index (χ4n) is 3.15. The van der Waals surface area contributed by atoms with Crippen molar-refractivity contribution in [2.45, 2.75) is 44.6 Å². The van der Waals surface area contributed by atoms with Crippen molar-refractivity contribution in [3.8, 4) is 0 Å². The molecule has 20 heavy (non-hydrogen) atoms. The average Bonchev–Trinajstić information content (AvgIpc) is 2.42. The van der Waals surface area contributed by atoms with Gasteiger partial charge in [0.15, 0.2) is 5.78 Å². The summed E-state index contributed by atoms with van der Waals surface area (Å²) >= 11 is 0. The van der Waals surface area contributed by atoms with Crippen LogP contribution in [-0.2, 0) is 11.2 Å². The van der Waals surface area contributed by atoms with Crippen LogP contribution in [0.3, 0.4) is 0 Å². The summed E-state index contributed by atoms with van der Waals surface area (Å²) in [6.07, 6.45) is 6.17. The molecule has 0 saturated heterocycles. The summed E-state index contributed by atoms with van der Waals surface area (Å²) in [4.78, 5) is 19.0. The largest absolute Gasteiger partial charge is 0.383 e. The van der Waals surface area contributed by atoms with Crippen molar-refractivity contribution in [3.05, 3.63) is 23.9 Å². The highest BCUT2D eigenvalue weighted by Crippen LogP contribution is 2.36. The van der Waals surface area contributed by atoms with Crippen LogP contribution in [0.1, 0.15) is 38.2 Å². The lowest BCUT2D eigenvalue weighted by Gasteiger charge is -2.43. The molecule has 1 heterocycles. The van der Waals surface area contributed by atoms with Crippen molar-refractivity contribution in [1.29, 1.82) is 0 Å². The van der Waals surface area contributed by atoms with Crippen LogP contribution in [-0.4, -0.2) is 35.3 Å². The average molecular weight is 275 g/mol. The van der Waals surface area contributed by atoms with Gasteiger partial charge in [-0.25, -0.2) is 4.98 Å². The maximum Gasteiger partial charge on any atom is 0.157 e. The van der Waals surface area contributed by atoms with Crippen LogP contribution in [0.2, 0.25) is 0 Å². The van der Waals surface area contributed by atoms with E-state index in [1.54, 1.807) is 6.20 Å². The first kappa shape index (κ1) is 15.0. The third-order valence-corrected chi connectivity index (χ3v) is 4.75. The lowest BCUT2D eigenvalue weighted by molar-refractivity contribution is -0.131. The monoisotopic (exact) mass is 275 g/mol. The molecule has 0 unspecified atom stereocenters. The van der Waals surface area contributed by atoms with Gasteiger partial charge < -0.3 is 5.73 Å². The number of nitrogens with two attached hydrogens (primary N) is 1. The molecule has 0 spiro atoms. The Morgan fingerprint density at radius 2 is 2.10 bits per heavy atom. The first-order valence-electron chi connectivity index (χ1n) is 7.36. The van der Waals surface area contributed by atoms with Crippen molar-refractivity contribution in [3.63, 3.8) is 0 Å². The summed E-state index contributed by atoms with van der Waals surface area (Å²) in [6, 6.07) is 3.74. The molecule has 4 heteroatoms. The zero-order chi connectivity index (χ0) is 14.8. The number of ketones is 1. The van der Waals surface area contributed by atoms with Gasteiger partial charge in [-0.15, -0.1) is 0 Å². The molecule has 0 aromatic carbocycles. The Kier molecular flexibility index (Phi) is 4.43.